The molecule has 0 amide bonds. The van der Waals surface area contributed by atoms with Gasteiger partial charge in [0, 0.05) is 13.7 Å². The molecule has 0 unspecified atom stereocenters. The minimum Gasteiger partial charge on any atom is -0.493 e. The lowest BCUT2D eigenvalue weighted by Gasteiger charge is -2.14. The molecule has 20 heavy (non-hydrogen) atoms. The Morgan fingerprint density at radius 1 is 1.10 bits per heavy atom. The fraction of sp³-hybridized carbons (Fsp3) is 0.571. The van der Waals surface area contributed by atoms with Crippen molar-refractivity contribution >= 4 is 11.6 Å². The van der Waals surface area contributed by atoms with Gasteiger partial charge in [-0.15, -0.1) is 0 Å². The Labute approximate surface area is 125 Å². The monoisotopic (exact) mass is 303 g/mol. The van der Waals surface area contributed by atoms with E-state index in [0.717, 1.165) is 12.1 Å². The molecule has 0 fully saturated rings. The molecule has 0 atom stereocenters. The van der Waals surface area contributed by atoms with Crippen molar-refractivity contribution in [1.82, 2.24) is 5.32 Å². The summed E-state index contributed by atoms with van der Waals surface area (Å²) in [5.74, 6) is 1.17. The van der Waals surface area contributed by atoms with Crippen LogP contribution in [0.1, 0.15) is 5.56 Å². The van der Waals surface area contributed by atoms with Crippen LogP contribution in [-0.2, 0) is 16.0 Å². The van der Waals surface area contributed by atoms with Gasteiger partial charge in [0.25, 0.3) is 0 Å². The second kappa shape index (κ2) is 9.83. The fourth-order valence-electron chi connectivity index (χ4n) is 1.67. The van der Waals surface area contributed by atoms with Crippen LogP contribution >= 0.6 is 11.6 Å². The predicted octanol–water partition coefficient (Wildman–Crippen LogP) is 2.11. The standard InChI is InChI=1S/C14H22ClNO4/c1-16-10-11-8-12(15)14(13(9-11)18-3)20-7-6-19-5-4-17-2/h8-9,16H,4-7,10H2,1-3H3. The zero-order valence-electron chi connectivity index (χ0n) is 12.2. The minimum absolute atomic E-state index is 0.408. The van der Waals surface area contributed by atoms with Crippen molar-refractivity contribution in [2.24, 2.45) is 0 Å². The summed E-state index contributed by atoms with van der Waals surface area (Å²) in [6.07, 6.45) is 0. The molecule has 0 aliphatic heterocycles. The molecule has 0 saturated carbocycles. The maximum atomic E-state index is 6.22. The average Bonchev–Trinajstić information content (AvgIpc) is 2.44. The van der Waals surface area contributed by atoms with Gasteiger partial charge in [-0.1, -0.05) is 11.6 Å². The number of methoxy groups -OCH3 is 2. The van der Waals surface area contributed by atoms with Crippen LogP contribution in [0.4, 0.5) is 0 Å². The van der Waals surface area contributed by atoms with E-state index in [-0.39, 0.29) is 0 Å². The van der Waals surface area contributed by atoms with Crippen LogP contribution in [0.25, 0.3) is 0 Å². The van der Waals surface area contributed by atoms with Crippen LogP contribution in [0, 0.1) is 0 Å². The molecular weight excluding hydrogens is 282 g/mol. The van der Waals surface area contributed by atoms with E-state index in [9.17, 15) is 0 Å². The zero-order valence-corrected chi connectivity index (χ0v) is 13.0. The Bertz CT molecular complexity index is 401. The summed E-state index contributed by atoms with van der Waals surface area (Å²) in [5.41, 5.74) is 1.04. The third-order valence-electron chi connectivity index (χ3n) is 2.58. The number of hydrogen-bond acceptors (Lipinski definition) is 5. The summed E-state index contributed by atoms with van der Waals surface area (Å²) in [6, 6.07) is 3.77. The molecule has 0 heterocycles. The van der Waals surface area contributed by atoms with Gasteiger partial charge in [0.15, 0.2) is 11.5 Å². The molecule has 1 aromatic rings. The first-order chi connectivity index (χ1) is 9.72. The van der Waals surface area contributed by atoms with Crippen molar-refractivity contribution < 1.29 is 18.9 Å². The van der Waals surface area contributed by atoms with Crippen molar-refractivity contribution in [3.05, 3.63) is 22.7 Å². The van der Waals surface area contributed by atoms with Crippen LogP contribution in [-0.4, -0.2) is 47.7 Å². The van der Waals surface area contributed by atoms with Crippen LogP contribution in [0.3, 0.4) is 0 Å². The zero-order chi connectivity index (χ0) is 14.8. The summed E-state index contributed by atoms with van der Waals surface area (Å²) < 4.78 is 21.2. The number of hydrogen-bond donors (Lipinski definition) is 1. The second-order valence-electron chi connectivity index (χ2n) is 4.09. The number of ether oxygens (including phenoxy) is 4. The van der Waals surface area contributed by atoms with Crippen LogP contribution in [0.2, 0.25) is 5.02 Å². The fourth-order valence-corrected chi connectivity index (χ4v) is 1.95. The van der Waals surface area contributed by atoms with Gasteiger partial charge in [-0.3, -0.25) is 0 Å². The van der Waals surface area contributed by atoms with E-state index in [0.29, 0.717) is 42.9 Å². The first kappa shape index (κ1) is 17.0. The Hall–Kier alpha value is -1.01. The maximum Gasteiger partial charge on any atom is 0.179 e. The lowest BCUT2D eigenvalue weighted by molar-refractivity contribution is 0.0540. The molecule has 0 spiro atoms. The van der Waals surface area contributed by atoms with E-state index < -0.39 is 0 Å². The lowest BCUT2D eigenvalue weighted by atomic mass is 10.2. The highest BCUT2D eigenvalue weighted by molar-refractivity contribution is 6.32. The first-order valence-electron chi connectivity index (χ1n) is 6.43. The van der Waals surface area contributed by atoms with E-state index >= 15 is 0 Å². The third kappa shape index (κ3) is 5.54. The third-order valence-corrected chi connectivity index (χ3v) is 2.86. The van der Waals surface area contributed by atoms with Gasteiger partial charge in [0.2, 0.25) is 0 Å². The highest BCUT2D eigenvalue weighted by Crippen LogP contribution is 2.36. The molecule has 0 radical (unpaired) electrons. The predicted molar refractivity (Wildman–Crippen MR) is 79.0 cm³/mol. The Morgan fingerprint density at radius 3 is 2.50 bits per heavy atom. The van der Waals surface area contributed by atoms with Crippen molar-refractivity contribution in [3.63, 3.8) is 0 Å². The molecule has 0 bridgehead atoms. The topological polar surface area (TPSA) is 49.0 Å². The van der Waals surface area contributed by atoms with Gasteiger partial charge in [0.1, 0.15) is 6.61 Å². The van der Waals surface area contributed by atoms with E-state index in [4.69, 9.17) is 30.5 Å². The lowest BCUT2D eigenvalue weighted by Crippen LogP contribution is -2.11. The highest BCUT2D eigenvalue weighted by Gasteiger charge is 2.11. The SMILES string of the molecule is CNCc1cc(Cl)c(OCCOCCOC)c(OC)c1. The first-order valence-corrected chi connectivity index (χ1v) is 6.81. The quantitative estimate of drug-likeness (QED) is 0.671. The summed E-state index contributed by atoms with van der Waals surface area (Å²) in [5, 5.41) is 3.60. The summed E-state index contributed by atoms with van der Waals surface area (Å²) in [4.78, 5) is 0. The molecule has 5 nitrogen and oxygen atoms in total. The molecule has 114 valence electrons. The minimum atomic E-state index is 0.408. The van der Waals surface area contributed by atoms with Crippen molar-refractivity contribution in [3.8, 4) is 11.5 Å². The van der Waals surface area contributed by atoms with Crippen molar-refractivity contribution in [1.29, 1.82) is 0 Å². The van der Waals surface area contributed by atoms with E-state index in [1.165, 1.54) is 0 Å². The van der Waals surface area contributed by atoms with Crippen LogP contribution in [0.5, 0.6) is 11.5 Å². The van der Waals surface area contributed by atoms with Crippen molar-refractivity contribution in [2.45, 2.75) is 6.54 Å². The summed E-state index contributed by atoms with van der Waals surface area (Å²) >= 11 is 6.22. The molecule has 0 saturated heterocycles. The number of halogens is 1. The van der Waals surface area contributed by atoms with Crippen LogP contribution in [0.15, 0.2) is 12.1 Å². The molecule has 6 heteroatoms. The molecule has 1 rings (SSSR count). The van der Waals surface area contributed by atoms with Gasteiger partial charge in [-0.05, 0) is 24.7 Å². The molecule has 0 aliphatic rings. The van der Waals surface area contributed by atoms with Gasteiger partial charge in [-0.25, -0.2) is 0 Å². The Morgan fingerprint density at radius 2 is 1.85 bits per heavy atom. The Kier molecular flexibility index (Phi) is 8.37. The second-order valence-corrected chi connectivity index (χ2v) is 4.50. The van der Waals surface area contributed by atoms with Gasteiger partial charge >= 0.3 is 0 Å². The van der Waals surface area contributed by atoms with Gasteiger partial charge < -0.3 is 24.3 Å². The van der Waals surface area contributed by atoms with E-state index in [1.807, 2.05) is 19.2 Å². The van der Waals surface area contributed by atoms with Crippen LogP contribution < -0.4 is 14.8 Å². The largest absolute Gasteiger partial charge is 0.493 e. The highest BCUT2D eigenvalue weighted by atomic mass is 35.5. The summed E-state index contributed by atoms with van der Waals surface area (Å²) in [7, 11) is 5.11. The van der Waals surface area contributed by atoms with Gasteiger partial charge in [-0.2, -0.15) is 0 Å². The van der Waals surface area contributed by atoms with Gasteiger partial charge in [0.05, 0.1) is 32.0 Å². The van der Waals surface area contributed by atoms with E-state index in [2.05, 4.69) is 5.32 Å². The molecule has 0 aromatic heterocycles. The number of nitrogens with one attached hydrogen (secondary N) is 1. The van der Waals surface area contributed by atoms with Crippen molar-refractivity contribution in [2.75, 3.05) is 47.7 Å². The summed E-state index contributed by atoms with van der Waals surface area (Å²) in [6.45, 7) is 2.72. The average molecular weight is 304 g/mol. The Balaban J connectivity index is 2.55. The smallest absolute Gasteiger partial charge is 0.179 e. The molecule has 1 aromatic carbocycles. The molecular formula is C14H22ClNO4. The maximum absolute atomic E-state index is 6.22. The number of benzene rings is 1. The number of rotatable bonds is 10. The normalized spacial score (nSPS) is 10.6. The van der Waals surface area contributed by atoms with E-state index in [1.54, 1.807) is 14.2 Å². The molecule has 0 aliphatic carbocycles. The molecule has 1 N–H and O–H groups in total.